The second-order valence-electron chi connectivity index (χ2n) is 7.35. The molecule has 2 aliphatic rings. The normalized spacial score (nSPS) is 25.0. The summed E-state index contributed by atoms with van der Waals surface area (Å²) < 4.78 is 7.04. The van der Waals surface area contributed by atoms with E-state index in [2.05, 4.69) is 15.3 Å². The Morgan fingerprint density at radius 3 is 2.80 bits per heavy atom. The van der Waals surface area contributed by atoms with Crippen molar-refractivity contribution in [2.45, 2.75) is 44.6 Å². The van der Waals surface area contributed by atoms with Crippen molar-refractivity contribution in [3.63, 3.8) is 0 Å². The number of rotatable bonds is 4. The van der Waals surface area contributed by atoms with E-state index < -0.39 is 5.60 Å². The van der Waals surface area contributed by atoms with Crippen LogP contribution < -0.4 is 15.8 Å². The predicted molar refractivity (Wildman–Crippen MR) is 95.6 cm³/mol. The Morgan fingerprint density at radius 2 is 2.16 bits per heavy atom. The first kappa shape index (κ1) is 17.9. The molecule has 2 aliphatic heterocycles. The Kier molecular flexibility index (Phi) is 5.42. The smallest absolute Gasteiger partial charge is 0.268 e. The van der Waals surface area contributed by atoms with Gasteiger partial charge in [-0.1, -0.05) is 0 Å². The molecule has 1 aromatic heterocycles. The Balaban J connectivity index is 1.47. The van der Waals surface area contributed by atoms with Gasteiger partial charge in [-0.15, -0.1) is 0 Å². The van der Waals surface area contributed by atoms with Crippen LogP contribution in [-0.2, 0) is 16.6 Å². The van der Waals surface area contributed by atoms with Crippen molar-refractivity contribution in [2.24, 2.45) is 13.0 Å². The molecule has 1 atom stereocenters. The van der Waals surface area contributed by atoms with E-state index in [0.717, 1.165) is 50.9 Å². The quantitative estimate of drug-likeness (QED) is 0.881. The van der Waals surface area contributed by atoms with Gasteiger partial charge in [0, 0.05) is 39.4 Å². The van der Waals surface area contributed by atoms with Crippen molar-refractivity contribution in [2.75, 3.05) is 31.1 Å². The molecular weight excluding hydrogens is 320 g/mol. The fraction of sp³-hybridized carbons (Fsp3) is 0.722. The van der Waals surface area contributed by atoms with Crippen LogP contribution in [0.2, 0.25) is 0 Å². The highest BCUT2D eigenvalue weighted by Gasteiger charge is 2.36. The van der Waals surface area contributed by atoms with Gasteiger partial charge in [-0.3, -0.25) is 9.59 Å². The van der Waals surface area contributed by atoms with Crippen LogP contribution in [-0.4, -0.2) is 47.5 Å². The molecule has 138 valence electrons. The van der Waals surface area contributed by atoms with Gasteiger partial charge >= 0.3 is 0 Å². The van der Waals surface area contributed by atoms with Crippen LogP contribution in [0.1, 0.15) is 39.0 Å². The number of carbonyl (C=O) groups excluding carboxylic acids is 1. The fourth-order valence-electron chi connectivity index (χ4n) is 3.57. The van der Waals surface area contributed by atoms with E-state index in [1.807, 2.05) is 6.92 Å². The molecule has 3 rings (SSSR count). The summed E-state index contributed by atoms with van der Waals surface area (Å²) in [5.74, 6) is 0.484. The highest BCUT2D eigenvalue weighted by atomic mass is 16.5. The number of hydrogen-bond donors (Lipinski definition) is 1. The van der Waals surface area contributed by atoms with Crippen LogP contribution in [0.15, 0.2) is 17.1 Å². The Hall–Kier alpha value is -1.89. The van der Waals surface area contributed by atoms with Crippen molar-refractivity contribution in [1.82, 2.24) is 15.1 Å². The van der Waals surface area contributed by atoms with Crippen LogP contribution in [0.4, 0.5) is 5.69 Å². The average Bonchev–Trinajstić information content (AvgIpc) is 2.63. The molecule has 0 spiro atoms. The average molecular weight is 348 g/mol. The molecule has 0 unspecified atom stereocenters. The number of anilines is 1. The van der Waals surface area contributed by atoms with Crippen LogP contribution in [0, 0.1) is 5.92 Å². The molecule has 1 amide bonds. The maximum atomic E-state index is 12.4. The SMILES string of the molecule is Cn1ncc(N2CCC(CNC(=O)[C@]3(C)CCCCO3)CC2)cc1=O. The van der Waals surface area contributed by atoms with E-state index in [0.29, 0.717) is 19.1 Å². The van der Waals surface area contributed by atoms with Gasteiger partial charge in [0.05, 0.1) is 11.9 Å². The third-order valence-corrected chi connectivity index (χ3v) is 5.43. The molecule has 0 saturated carbocycles. The van der Waals surface area contributed by atoms with Gasteiger partial charge in [0.1, 0.15) is 5.60 Å². The summed E-state index contributed by atoms with van der Waals surface area (Å²) in [4.78, 5) is 26.3. The molecule has 0 aromatic carbocycles. The van der Waals surface area contributed by atoms with Gasteiger partial charge in [0.2, 0.25) is 0 Å². The van der Waals surface area contributed by atoms with Gasteiger partial charge < -0.3 is 15.0 Å². The van der Waals surface area contributed by atoms with Crippen molar-refractivity contribution in [1.29, 1.82) is 0 Å². The third kappa shape index (κ3) is 4.21. The number of piperidine rings is 1. The fourth-order valence-corrected chi connectivity index (χ4v) is 3.57. The zero-order valence-corrected chi connectivity index (χ0v) is 15.2. The van der Waals surface area contributed by atoms with Gasteiger partial charge in [-0.25, -0.2) is 4.68 Å². The van der Waals surface area contributed by atoms with Crippen molar-refractivity contribution in [3.05, 3.63) is 22.6 Å². The lowest BCUT2D eigenvalue weighted by Crippen LogP contribution is -2.50. The first-order valence-corrected chi connectivity index (χ1v) is 9.18. The molecule has 25 heavy (non-hydrogen) atoms. The Bertz CT molecular complexity index is 659. The van der Waals surface area contributed by atoms with Gasteiger partial charge in [0.25, 0.3) is 11.5 Å². The molecular formula is C18H28N4O3. The maximum absolute atomic E-state index is 12.4. The third-order valence-electron chi connectivity index (χ3n) is 5.43. The lowest BCUT2D eigenvalue weighted by molar-refractivity contribution is -0.150. The summed E-state index contributed by atoms with van der Waals surface area (Å²) in [5, 5.41) is 7.17. The minimum atomic E-state index is -0.658. The first-order valence-electron chi connectivity index (χ1n) is 9.18. The van der Waals surface area contributed by atoms with Crippen molar-refractivity contribution in [3.8, 4) is 0 Å². The molecule has 2 saturated heterocycles. The number of amides is 1. The summed E-state index contributed by atoms with van der Waals surface area (Å²) in [6, 6.07) is 1.64. The first-order chi connectivity index (χ1) is 12.0. The summed E-state index contributed by atoms with van der Waals surface area (Å²) in [7, 11) is 1.65. The standard InChI is InChI=1S/C18H28N4O3/c1-18(7-3-4-10-25-18)17(24)19-12-14-5-8-22(9-6-14)15-11-16(23)21(2)20-13-15/h11,13-14H,3-10,12H2,1-2H3,(H,19,24)/t18-/m0/s1. The van der Waals surface area contributed by atoms with Gasteiger partial charge in [0.15, 0.2) is 0 Å². The highest BCUT2D eigenvalue weighted by molar-refractivity contribution is 5.84. The van der Waals surface area contributed by atoms with E-state index in [-0.39, 0.29) is 11.5 Å². The lowest BCUT2D eigenvalue weighted by atomic mass is 9.93. The number of hydrogen-bond acceptors (Lipinski definition) is 5. The lowest BCUT2D eigenvalue weighted by Gasteiger charge is -2.35. The number of ether oxygens (including phenoxy) is 1. The second-order valence-corrected chi connectivity index (χ2v) is 7.35. The summed E-state index contributed by atoms with van der Waals surface area (Å²) in [5.41, 5.74) is 0.135. The summed E-state index contributed by atoms with van der Waals surface area (Å²) >= 11 is 0. The Morgan fingerprint density at radius 1 is 1.40 bits per heavy atom. The topological polar surface area (TPSA) is 76.5 Å². The number of carbonyl (C=O) groups is 1. The summed E-state index contributed by atoms with van der Waals surface area (Å²) in [6.07, 6.45) is 6.61. The van der Waals surface area contributed by atoms with Gasteiger partial charge in [-0.05, 0) is 44.9 Å². The van der Waals surface area contributed by atoms with Crippen LogP contribution in [0.5, 0.6) is 0 Å². The Labute approximate surface area is 148 Å². The molecule has 1 aromatic rings. The maximum Gasteiger partial charge on any atom is 0.268 e. The molecule has 0 radical (unpaired) electrons. The number of aryl methyl sites for hydroxylation is 1. The molecule has 1 N–H and O–H groups in total. The van der Waals surface area contributed by atoms with Crippen molar-refractivity contribution < 1.29 is 9.53 Å². The zero-order valence-electron chi connectivity index (χ0n) is 15.2. The number of nitrogens with zero attached hydrogens (tertiary/aromatic N) is 3. The predicted octanol–water partition coefficient (Wildman–Crippen LogP) is 1.07. The zero-order chi connectivity index (χ0) is 17.9. The van der Waals surface area contributed by atoms with Gasteiger partial charge in [-0.2, -0.15) is 5.10 Å². The van der Waals surface area contributed by atoms with Crippen LogP contribution in [0.25, 0.3) is 0 Å². The summed E-state index contributed by atoms with van der Waals surface area (Å²) in [6.45, 7) is 5.02. The molecule has 0 aliphatic carbocycles. The van der Waals surface area contributed by atoms with E-state index in [9.17, 15) is 9.59 Å². The van der Waals surface area contributed by atoms with E-state index >= 15 is 0 Å². The van der Waals surface area contributed by atoms with E-state index in [4.69, 9.17) is 4.74 Å². The molecule has 2 fully saturated rings. The minimum absolute atomic E-state index is 0.0189. The van der Waals surface area contributed by atoms with Crippen LogP contribution in [0.3, 0.4) is 0 Å². The van der Waals surface area contributed by atoms with Crippen LogP contribution >= 0.6 is 0 Å². The molecule has 3 heterocycles. The number of aromatic nitrogens is 2. The largest absolute Gasteiger partial charge is 0.370 e. The second kappa shape index (κ2) is 7.56. The number of nitrogens with one attached hydrogen (secondary N) is 1. The minimum Gasteiger partial charge on any atom is -0.370 e. The molecule has 7 heteroatoms. The molecule has 7 nitrogen and oxygen atoms in total. The monoisotopic (exact) mass is 348 g/mol. The molecule has 0 bridgehead atoms. The van der Waals surface area contributed by atoms with E-state index in [1.54, 1.807) is 19.3 Å². The van der Waals surface area contributed by atoms with E-state index in [1.165, 1.54) is 4.68 Å². The highest BCUT2D eigenvalue weighted by Crippen LogP contribution is 2.25. The van der Waals surface area contributed by atoms with Crippen molar-refractivity contribution >= 4 is 11.6 Å².